The van der Waals surface area contributed by atoms with E-state index in [1.807, 2.05) is 0 Å². The quantitative estimate of drug-likeness (QED) is 0.738. The van der Waals surface area contributed by atoms with Gasteiger partial charge in [0.05, 0.1) is 11.9 Å². The molecule has 3 atom stereocenters. The van der Waals surface area contributed by atoms with Crippen molar-refractivity contribution in [2.75, 3.05) is 19.6 Å². The number of hydrogen-bond acceptors (Lipinski definition) is 2. The van der Waals surface area contributed by atoms with Crippen LogP contribution in [0.25, 0.3) is 0 Å². The number of carbonyl (C=O) groups excluding carboxylic acids is 1. The monoisotopic (exact) mass is 305 g/mol. The van der Waals surface area contributed by atoms with Gasteiger partial charge in [-0.05, 0) is 51.1 Å². The molecule has 1 heterocycles. The van der Waals surface area contributed by atoms with E-state index < -0.39 is 0 Å². The summed E-state index contributed by atoms with van der Waals surface area (Å²) in [7, 11) is 0. The number of alkyl halides is 2. The zero-order valence-corrected chi connectivity index (χ0v) is 13.3. The molecule has 2 nitrogen and oxygen atoms in total. The Bertz CT molecular complexity index is 303. The molecule has 0 aromatic carbocycles. The molecule has 1 aliphatic carbocycles. The summed E-state index contributed by atoms with van der Waals surface area (Å²) in [4.78, 5) is 14.7. The molecule has 0 aromatic heterocycles. The second-order valence-corrected chi connectivity index (χ2v) is 7.26. The van der Waals surface area contributed by atoms with E-state index in [9.17, 15) is 4.79 Å². The lowest BCUT2D eigenvalue weighted by Crippen LogP contribution is -2.41. The van der Waals surface area contributed by atoms with Gasteiger partial charge < -0.3 is 0 Å². The van der Waals surface area contributed by atoms with Crippen LogP contribution in [0.15, 0.2) is 0 Å². The first-order valence-electron chi connectivity index (χ1n) is 7.63. The van der Waals surface area contributed by atoms with Crippen molar-refractivity contribution in [1.82, 2.24) is 4.90 Å². The van der Waals surface area contributed by atoms with Gasteiger partial charge in [-0.25, -0.2) is 0 Å². The van der Waals surface area contributed by atoms with Crippen molar-refractivity contribution in [1.29, 1.82) is 0 Å². The van der Waals surface area contributed by atoms with Gasteiger partial charge in [-0.15, -0.1) is 23.2 Å². The van der Waals surface area contributed by atoms with Crippen LogP contribution < -0.4 is 0 Å². The Kier molecular flexibility index (Phi) is 5.98. The first kappa shape index (κ1) is 15.6. The Hall–Kier alpha value is 0.210. The van der Waals surface area contributed by atoms with Crippen LogP contribution in [0.4, 0.5) is 0 Å². The molecule has 0 radical (unpaired) electrons. The number of nitrogens with zero attached hydrogens (tertiary/aromatic N) is 1. The van der Waals surface area contributed by atoms with Crippen LogP contribution in [-0.4, -0.2) is 41.1 Å². The van der Waals surface area contributed by atoms with Crippen molar-refractivity contribution in [2.24, 2.45) is 11.8 Å². The highest BCUT2D eigenvalue weighted by Gasteiger charge is 2.32. The van der Waals surface area contributed by atoms with Gasteiger partial charge in [-0.2, -0.15) is 0 Å². The molecular formula is C15H25Cl2NO. The highest BCUT2D eigenvalue weighted by molar-refractivity contribution is 6.30. The predicted molar refractivity (Wildman–Crippen MR) is 81.1 cm³/mol. The predicted octanol–water partition coefficient (Wildman–Crippen LogP) is 3.69. The molecule has 2 aliphatic rings. The summed E-state index contributed by atoms with van der Waals surface area (Å²) in [5.74, 6) is 1.39. The van der Waals surface area contributed by atoms with Crippen molar-refractivity contribution >= 4 is 29.0 Å². The molecule has 1 aliphatic heterocycles. The lowest BCUT2D eigenvalue weighted by molar-refractivity contribution is -0.125. The normalized spacial score (nSPS) is 34.4. The Balaban J connectivity index is 1.75. The van der Waals surface area contributed by atoms with E-state index in [1.165, 1.54) is 19.3 Å². The Labute approximate surface area is 126 Å². The molecule has 0 bridgehead atoms. The maximum Gasteiger partial charge on any atom is 0.149 e. The van der Waals surface area contributed by atoms with Gasteiger partial charge in [0.15, 0.2) is 0 Å². The van der Waals surface area contributed by atoms with Gasteiger partial charge in [-0.3, -0.25) is 9.69 Å². The lowest BCUT2D eigenvalue weighted by Gasteiger charge is -2.33. The van der Waals surface area contributed by atoms with E-state index in [-0.39, 0.29) is 16.7 Å². The Morgan fingerprint density at radius 2 is 1.79 bits per heavy atom. The molecular weight excluding hydrogens is 281 g/mol. The number of Topliss-reactive ketones (excluding diaryl/α,β-unsaturated/α-hetero) is 1. The fraction of sp³-hybridized carbons (Fsp3) is 0.933. The molecule has 0 spiro atoms. The fourth-order valence-electron chi connectivity index (χ4n) is 3.27. The average Bonchev–Trinajstić information content (AvgIpc) is 2.42. The summed E-state index contributed by atoms with van der Waals surface area (Å²) in [5, 5.41) is 0.0150. The van der Waals surface area contributed by atoms with Crippen LogP contribution in [0.2, 0.25) is 0 Å². The number of hydrogen-bond donors (Lipinski definition) is 0. The zero-order valence-electron chi connectivity index (χ0n) is 11.8. The van der Waals surface area contributed by atoms with Crippen LogP contribution in [0.3, 0.4) is 0 Å². The van der Waals surface area contributed by atoms with Gasteiger partial charge in [-0.1, -0.05) is 13.3 Å². The van der Waals surface area contributed by atoms with Crippen LogP contribution >= 0.6 is 23.2 Å². The Morgan fingerprint density at radius 1 is 1.11 bits per heavy atom. The molecule has 1 saturated heterocycles. The maximum absolute atomic E-state index is 12.3. The largest absolute Gasteiger partial charge is 0.298 e. The molecule has 110 valence electrons. The minimum Gasteiger partial charge on any atom is -0.298 e. The van der Waals surface area contributed by atoms with Gasteiger partial charge in [0.2, 0.25) is 0 Å². The summed E-state index contributed by atoms with van der Waals surface area (Å²) in [6, 6.07) is 0. The highest BCUT2D eigenvalue weighted by atomic mass is 35.5. The van der Waals surface area contributed by atoms with Crippen LogP contribution in [0, 0.1) is 11.8 Å². The van der Waals surface area contributed by atoms with Crippen molar-refractivity contribution in [2.45, 2.75) is 56.2 Å². The molecule has 1 saturated carbocycles. The van der Waals surface area contributed by atoms with Crippen LogP contribution in [-0.2, 0) is 4.79 Å². The molecule has 0 aromatic rings. The number of rotatable bonds is 4. The van der Waals surface area contributed by atoms with E-state index in [4.69, 9.17) is 23.2 Å². The maximum atomic E-state index is 12.3. The fourth-order valence-corrected chi connectivity index (χ4v) is 3.84. The smallest absolute Gasteiger partial charge is 0.149 e. The summed E-state index contributed by atoms with van der Waals surface area (Å²) in [6.45, 7) is 5.05. The SMILES string of the molecule is CCC1CCN(CC(=O)C2CCC(Cl)C(Cl)C2)CC1. The summed E-state index contributed by atoms with van der Waals surface area (Å²) in [6.07, 6.45) is 6.33. The lowest BCUT2D eigenvalue weighted by atomic mass is 9.85. The Morgan fingerprint density at radius 3 is 2.37 bits per heavy atom. The first-order chi connectivity index (χ1) is 9.10. The first-order valence-corrected chi connectivity index (χ1v) is 8.50. The third kappa shape index (κ3) is 4.34. The van der Waals surface area contributed by atoms with Gasteiger partial charge in [0, 0.05) is 11.3 Å². The summed E-state index contributed by atoms with van der Waals surface area (Å²) < 4.78 is 0. The molecule has 2 rings (SSSR count). The average molecular weight is 306 g/mol. The van der Waals surface area contributed by atoms with Crippen LogP contribution in [0.5, 0.6) is 0 Å². The molecule has 4 heteroatoms. The van der Waals surface area contributed by atoms with E-state index in [0.717, 1.165) is 38.3 Å². The third-order valence-corrected chi connectivity index (χ3v) is 5.95. The third-order valence-electron chi connectivity index (χ3n) is 4.81. The van der Waals surface area contributed by atoms with E-state index in [2.05, 4.69) is 11.8 Å². The number of ketones is 1. The van der Waals surface area contributed by atoms with Crippen molar-refractivity contribution in [3.05, 3.63) is 0 Å². The van der Waals surface area contributed by atoms with Crippen molar-refractivity contribution in [3.8, 4) is 0 Å². The number of carbonyl (C=O) groups is 1. The number of halogens is 2. The van der Waals surface area contributed by atoms with Gasteiger partial charge in [0.1, 0.15) is 5.78 Å². The van der Waals surface area contributed by atoms with E-state index in [0.29, 0.717) is 12.3 Å². The standard InChI is InChI=1S/C15H25Cl2NO/c1-2-11-5-7-18(8-6-11)10-15(19)12-3-4-13(16)14(17)9-12/h11-14H,2-10H2,1H3. The highest BCUT2D eigenvalue weighted by Crippen LogP contribution is 2.32. The second-order valence-electron chi connectivity index (χ2n) is 6.14. The summed E-state index contributed by atoms with van der Waals surface area (Å²) >= 11 is 12.3. The molecule has 3 unspecified atom stereocenters. The van der Waals surface area contributed by atoms with Crippen LogP contribution in [0.1, 0.15) is 45.4 Å². The number of piperidine rings is 1. The van der Waals surface area contributed by atoms with Gasteiger partial charge >= 0.3 is 0 Å². The minimum absolute atomic E-state index is 0.0322. The van der Waals surface area contributed by atoms with Crippen molar-refractivity contribution in [3.63, 3.8) is 0 Å². The number of likely N-dealkylation sites (tertiary alicyclic amines) is 1. The topological polar surface area (TPSA) is 20.3 Å². The molecule has 19 heavy (non-hydrogen) atoms. The van der Waals surface area contributed by atoms with E-state index in [1.54, 1.807) is 0 Å². The van der Waals surface area contributed by atoms with Crippen molar-refractivity contribution < 1.29 is 4.79 Å². The minimum atomic E-state index is -0.0322. The zero-order chi connectivity index (χ0) is 13.8. The molecule has 0 amide bonds. The second kappa shape index (κ2) is 7.28. The molecule has 0 N–H and O–H groups in total. The summed E-state index contributed by atoms with van der Waals surface area (Å²) in [5.41, 5.74) is 0. The van der Waals surface area contributed by atoms with Gasteiger partial charge in [0.25, 0.3) is 0 Å². The van der Waals surface area contributed by atoms with E-state index >= 15 is 0 Å². The molecule has 2 fully saturated rings.